The predicted octanol–water partition coefficient (Wildman–Crippen LogP) is 2.69. The van der Waals surface area contributed by atoms with Gasteiger partial charge in [0.05, 0.1) is 19.4 Å². The van der Waals surface area contributed by atoms with Crippen molar-refractivity contribution in [2.45, 2.75) is 115 Å². The van der Waals surface area contributed by atoms with Crippen LogP contribution in [0.2, 0.25) is 0 Å². The zero-order valence-corrected chi connectivity index (χ0v) is 27.5. The second kappa shape index (κ2) is 22.2. The van der Waals surface area contributed by atoms with Crippen molar-refractivity contribution in [3.63, 3.8) is 0 Å². The highest BCUT2D eigenvalue weighted by Crippen LogP contribution is 2.49. The average molecular weight is 648 g/mol. The van der Waals surface area contributed by atoms with Crippen LogP contribution < -0.4 is 22.7 Å². The first-order valence-corrected chi connectivity index (χ1v) is 18.3. The molecule has 5 atom stereocenters. The molecule has 14 heteroatoms. The van der Waals surface area contributed by atoms with E-state index in [2.05, 4.69) is 16.8 Å². The van der Waals surface area contributed by atoms with Gasteiger partial charge in [-0.3, -0.25) is 18.9 Å². The molecule has 2 rings (SSSR count). The van der Waals surface area contributed by atoms with Gasteiger partial charge in [-0.1, -0.05) is 71.1 Å². The molecule has 0 radical (unpaired) electrons. The maximum absolute atomic E-state index is 13.9. The molecule has 0 saturated carbocycles. The summed E-state index contributed by atoms with van der Waals surface area (Å²) in [5, 5.41) is 21.2. The molecule has 2 heterocycles. The summed E-state index contributed by atoms with van der Waals surface area (Å²) in [4.78, 5) is 27.9. The van der Waals surface area contributed by atoms with Gasteiger partial charge in [-0.15, -0.1) is 0 Å². The third-order valence-corrected chi connectivity index (χ3v) is 9.85. The Kier molecular flexibility index (Phi) is 19.5. The van der Waals surface area contributed by atoms with E-state index in [0.29, 0.717) is 19.6 Å². The summed E-state index contributed by atoms with van der Waals surface area (Å²) in [6.07, 6.45) is 10.8. The highest BCUT2D eigenvalue weighted by molar-refractivity contribution is 7.53. The van der Waals surface area contributed by atoms with Crippen molar-refractivity contribution in [1.82, 2.24) is 14.5 Å². The summed E-state index contributed by atoms with van der Waals surface area (Å²) < 4.78 is 32.4. The number of nitrogens with one attached hydrogen (secondary N) is 1. The van der Waals surface area contributed by atoms with Crippen LogP contribution in [0.15, 0.2) is 21.9 Å². The summed E-state index contributed by atoms with van der Waals surface area (Å²) in [6.45, 7) is 5.22. The molecule has 13 nitrogen and oxygen atoms in total. The topological polar surface area (TPSA) is 195 Å². The highest BCUT2D eigenvalue weighted by atomic mass is 31.2. The zero-order chi connectivity index (χ0) is 32.2. The molecule has 0 spiro atoms. The van der Waals surface area contributed by atoms with E-state index >= 15 is 0 Å². The van der Waals surface area contributed by atoms with Crippen molar-refractivity contribution in [2.75, 3.05) is 52.1 Å². The van der Waals surface area contributed by atoms with Crippen LogP contribution in [0.1, 0.15) is 96.6 Å². The maximum Gasteiger partial charge on any atom is 0.332 e. The normalized spacial score (nSPS) is 21.7. The van der Waals surface area contributed by atoms with Gasteiger partial charge in [-0.25, -0.2) is 4.79 Å². The van der Waals surface area contributed by atoms with E-state index in [9.17, 15) is 24.4 Å². The first kappa shape index (κ1) is 38.8. The largest absolute Gasteiger partial charge is 0.387 e. The molecule has 0 aromatic carbocycles. The van der Waals surface area contributed by atoms with E-state index in [4.69, 9.17) is 25.3 Å². The number of aliphatic hydroxyl groups is 2. The number of rotatable bonds is 26. The van der Waals surface area contributed by atoms with Gasteiger partial charge in [0.2, 0.25) is 0 Å². The second-order valence-corrected chi connectivity index (χ2v) is 13.9. The molecule has 0 amide bonds. The van der Waals surface area contributed by atoms with Gasteiger partial charge in [0.15, 0.2) is 6.23 Å². The van der Waals surface area contributed by atoms with E-state index in [-0.39, 0.29) is 19.4 Å². The van der Waals surface area contributed by atoms with Crippen LogP contribution in [0.5, 0.6) is 0 Å². The second-order valence-electron chi connectivity index (χ2n) is 11.7. The third-order valence-electron chi connectivity index (χ3n) is 7.98. The van der Waals surface area contributed by atoms with E-state index in [1.54, 1.807) is 0 Å². The molecule has 1 aromatic rings. The lowest BCUT2D eigenvalue weighted by atomic mass is 10.1. The van der Waals surface area contributed by atoms with Gasteiger partial charge in [-0.2, -0.15) is 0 Å². The fourth-order valence-corrected chi connectivity index (χ4v) is 6.92. The predicted molar refractivity (Wildman–Crippen MR) is 172 cm³/mol. The van der Waals surface area contributed by atoms with Crippen molar-refractivity contribution in [3.8, 4) is 0 Å². The lowest BCUT2D eigenvalue weighted by Crippen LogP contribution is -2.37. The average Bonchev–Trinajstić information content (AvgIpc) is 3.29. The number of hydrogen-bond donors (Lipinski definition) is 5. The van der Waals surface area contributed by atoms with Crippen molar-refractivity contribution >= 4 is 7.60 Å². The molecule has 7 N–H and O–H groups in total. The minimum atomic E-state index is -3.62. The number of aromatic nitrogens is 2. The van der Waals surface area contributed by atoms with E-state index in [1.807, 2.05) is 0 Å². The Hall–Kier alpha value is -1.41. The maximum atomic E-state index is 13.9. The van der Waals surface area contributed by atoms with Crippen molar-refractivity contribution in [2.24, 2.45) is 11.5 Å². The number of H-pyrrole nitrogens is 1. The Balaban J connectivity index is 1.92. The summed E-state index contributed by atoms with van der Waals surface area (Å²) >= 11 is 0. The summed E-state index contributed by atoms with van der Waals surface area (Å²) in [6, 6.07) is 1.12. The zero-order valence-electron chi connectivity index (χ0n) is 26.7. The molecule has 44 heavy (non-hydrogen) atoms. The highest BCUT2D eigenvalue weighted by Gasteiger charge is 2.45. The minimum Gasteiger partial charge on any atom is -0.387 e. The first-order chi connectivity index (χ1) is 21.2. The molecule has 256 valence electrons. The number of nitrogens with two attached hydrogens (primary N) is 2. The van der Waals surface area contributed by atoms with Crippen LogP contribution in [0.3, 0.4) is 0 Å². The Bertz CT molecular complexity index is 1050. The number of aliphatic hydroxyl groups excluding tert-OH is 2. The van der Waals surface area contributed by atoms with E-state index < -0.39 is 43.4 Å². The summed E-state index contributed by atoms with van der Waals surface area (Å²) in [5.41, 5.74) is 10.0. The van der Waals surface area contributed by atoms with Crippen LogP contribution in [-0.2, 0) is 18.3 Å². The molecule has 0 bridgehead atoms. The van der Waals surface area contributed by atoms with Gasteiger partial charge < -0.3 is 40.4 Å². The molecule has 1 fully saturated rings. The Morgan fingerprint density at radius 1 is 0.886 bits per heavy atom. The summed E-state index contributed by atoms with van der Waals surface area (Å²) in [7, 11) is -3.62. The van der Waals surface area contributed by atoms with Crippen molar-refractivity contribution < 1.29 is 28.6 Å². The summed E-state index contributed by atoms with van der Waals surface area (Å²) in [5.74, 6) is 0. The molecule has 1 aromatic heterocycles. The number of aromatic amines is 1. The standard InChI is InChI=1S/C30H58N5O8P/c1-2-3-4-5-6-7-8-9-10-11-12-22-41-44(40,23-21-34(18-13-16-31)19-14-17-32)42-24-25-27(37)28(38)29(43-25)35-20-15-26(36)33-30(35)39/h15,20,25,27-29,37-38H,2-14,16-19,21-24,31-32H2,1H3,(H,33,36,39)/t25-,27-,28-,29-,44?/m1/s1. The number of hydrogen-bond acceptors (Lipinski definition) is 11. The van der Waals surface area contributed by atoms with Gasteiger partial charge in [0, 0.05) is 18.8 Å². The van der Waals surface area contributed by atoms with Gasteiger partial charge >= 0.3 is 13.3 Å². The van der Waals surface area contributed by atoms with Gasteiger partial charge in [0.1, 0.15) is 18.3 Å². The van der Waals surface area contributed by atoms with Crippen LogP contribution in [0.4, 0.5) is 0 Å². The molecule has 1 saturated heterocycles. The van der Waals surface area contributed by atoms with E-state index in [0.717, 1.165) is 55.8 Å². The quantitative estimate of drug-likeness (QED) is 0.0733. The number of unbranched alkanes of at least 4 members (excludes halogenated alkanes) is 10. The van der Waals surface area contributed by atoms with Crippen LogP contribution in [-0.4, -0.2) is 95.1 Å². The molecular weight excluding hydrogens is 589 g/mol. The molecule has 0 aliphatic carbocycles. The molecule has 1 unspecified atom stereocenters. The molecule has 1 aliphatic heterocycles. The minimum absolute atomic E-state index is 0.133. The fraction of sp³-hybridized carbons (Fsp3) is 0.867. The van der Waals surface area contributed by atoms with Crippen LogP contribution >= 0.6 is 7.60 Å². The number of ether oxygens (including phenoxy) is 1. The Labute approximate surface area is 262 Å². The smallest absolute Gasteiger partial charge is 0.332 e. The fourth-order valence-electron chi connectivity index (χ4n) is 5.28. The Morgan fingerprint density at radius 2 is 1.48 bits per heavy atom. The lowest BCUT2D eigenvalue weighted by Gasteiger charge is -2.26. The van der Waals surface area contributed by atoms with Crippen molar-refractivity contribution in [3.05, 3.63) is 33.1 Å². The lowest BCUT2D eigenvalue weighted by molar-refractivity contribution is -0.0531. The van der Waals surface area contributed by atoms with Crippen LogP contribution in [0, 0.1) is 0 Å². The number of nitrogens with zero attached hydrogens (tertiary/aromatic N) is 2. The Morgan fingerprint density at radius 3 is 2.05 bits per heavy atom. The first-order valence-electron chi connectivity index (χ1n) is 16.6. The molecular formula is C30H58N5O8P. The van der Waals surface area contributed by atoms with E-state index in [1.165, 1.54) is 57.6 Å². The van der Waals surface area contributed by atoms with Gasteiger partial charge in [-0.05, 0) is 45.4 Å². The molecule has 1 aliphatic rings. The van der Waals surface area contributed by atoms with Gasteiger partial charge in [0.25, 0.3) is 5.56 Å². The van der Waals surface area contributed by atoms with Crippen molar-refractivity contribution in [1.29, 1.82) is 0 Å². The third kappa shape index (κ3) is 14.3. The van der Waals surface area contributed by atoms with Crippen LogP contribution in [0.25, 0.3) is 0 Å². The monoisotopic (exact) mass is 647 g/mol. The SMILES string of the molecule is CCCCCCCCCCCCCOP(=O)(CCN(CCCN)CCCN)OC[C@H]1O[C@@H](n2ccc(=O)[nH]c2=O)[C@H](O)[C@@H]1O.